The molecule has 0 heterocycles. The topological polar surface area (TPSA) is 77.5 Å². The quantitative estimate of drug-likeness (QED) is 0.418. The van der Waals surface area contributed by atoms with Gasteiger partial charge in [-0.1, -0.05) is 0 Å². The van der Waals surface area contributed by atoms with Crippen LogP contribution < -0.4 is 0 Å². The van der Waals surface area contributed by atoms with Gasteiger partial charge in [0.15, 0.2) is 11.5 Å². The summed E-state index contributed by atoms with van der Waals surface area (Å²) in [6, 6.07) is -3.00. The van der Waals surface area contributed by atoms with E-state index >= 15 is 0 Å². The van der Waals surface area contributed by atoms with E-state index in [2.05, 4.69) is 4.74 Å². The Bertz CT molecular complexity index is 499. The van der Waals surface area contributed by atoms with Crippen LogP contribution in [-0.2, 0) is 25.2 Å². The van der Waals surface area contributed by atoms with Gasteiger partial charge in [0.1, 0.15) is 0 Å². The van der Waals surface area contributed by atoms with Crippen LogP contribution in [0.15, 0.2) is 12.1 Å². The molecule has 0 saturated heterocycles. The second-order valence-electron chi connectivity index (χ2n) is 2.89. The summed E-state index contributed by atoms with van der Waals surface area (Å²) in [6.07, 6.45) is -3.27. The van der Waals surface area contributed by atoms with Crippen LogP contribution in [0, 0.1) is 0 Å². The molecule has 0 atom stereocenters. The third-order valence-electron chi connectivity index (χ3n) is 1.20. The number of hydrogen-bond donors (Lipinski definition) is 0. The predicted octanol–water partition coefficient (Wildman–Crippen LogP) is 1.30. The fraction of sp³-hybridized carbons (Fsp3) is 0.600. The zero-order valence-corrected chi connectivity index (χ0v) is 9.67. The van der Waals surface area contributed by atoms with E-state index in [1.165, 1.54) is 0 Å². The predicted molar refractivity (Wildman–Crippen MR) is 45.1 cm³/mol. The molecule has 0 unspecified atom stereocenters. The summed E-state index contributed by atoms with van der Waals surface area (Å²) in [7, 11) is -11.6. The van der Waals surface area contributed by atoms with Gasteiger partial charge in [-0.15, -0.1) is 7.77 Å². The molecule has 0 amide bonds. The van der Waals surface area contributed by atoms with Crippen molar-refractivity contribution in [3.63, 3.8) is 0 Å². The lowest BCUT2D eigenvalue weighted by molar-refractivity contribution is -0.101. The Hall–Kier alpha value is -0.980. The fourth-order valence-corrected chi connectivity index (χ4v) is 2.30. The molecule has 0 aromatic carbocycles. The second-order valence-corrected chi connectivity index (χ2v) is 5.62. The molecule has 0 saturated carbocycles. The molecular formula is C5H4F6O5S2. The third-order valence-corrected chi connectivity index (χ3v) is 2.75. The Labute approximate surface area is 97.5 Å². The normalized spacial score (nSPS) is 13.2. The van der Waals surface area contributed by atoms with Crippen molar-refractivity contribution in [3.05, 3.63) is 12.1 Å². The summed E-state index contributed by atoms with van der Waals surface area (Å²) in [5, 5.41) is 0. The molecule has 0 bridgehead atoms. The van der Waals surface area contributed by atoms with Crippen molar-refractivity contribution >= 4 is 20.4 Å². The molecule has 18 heavy (non-hydrogen) atoms. The van der Waals surface area contributed by atoms with Gasteiger partial charge in [0.2, 0.25) is 0 Å². The molecule has 5 nitrogen and oxygen atoms in total. The third kappa shape index (κ3) is 7.37. The van der Waals surface area contributed by atoms with Gasteiger partial charge in [0.25, 0.3) is 5.85 Å². The van der Waals surface area contributed by atoms with Gasteiger partial charge < -0.3 is 4.74 Å². The van der Waals surface area contributed by atoms with Gasteiger partial charge in [0, 0.05) is 0 Å². The Morgan fingerprint density at radius 3 is 1.50 bits per heavy atom. The summed E-state index contributed by atoms with van der Waals surface area (Å²) in [4.78, 5) is 0. The van der Waals surface area contributed by atoms with Crippen molar-refractivity contribution < 1.29 is 46.9 Å². The highest BCUT2D eigenvalue weighted by atomic mass is 32.3. The van der Waals surface area contributed by atoms with Crippen molar-refractivity contribution in [2.75, 3.05) is 11.5 Å². The van der Waals surface area contributed by atoms with Gasteiger partial charge in [-0.3, -0.25) is 0 Å². The number of alkyl halides is 1. The molecule has 0 aliphatic carbocycles. The first kappa shape index (κ1) is 17.0. The van der Waals surface area contributed by atoms with Crippen LogP contribution in [0.3, 0.4) is 0 Å². The van der Waals surface area contributed by atoms with Gasteiger partial charge >= 0.3 is 32.5 Å². The smallest absolute Gasteiger partial charge is 0.342 e. The standard InChI is InChI=1S/C5H4F6O5S2/c6-3(7)4(8)16-5(9,1-17(10,12)13)2-18(11,14)15/h1-2H2. The SMILES string of the molecule is O=S(=O)(F)CC(F)(CS(=O)(=O)F)OC(F)=C(F)F. The van der Waals surface area contributed by atoms with Crippen molar-refractivity contribution in [1.29, 1.82) is 0 Å². The van der Waals surface area contributed by atoms with Crippen LogP contribution in [0.25, 0.3) is 0 Å². The Morgan fingerprint density at radius 1 is 0.944 bits per heavy atom. The molecule has 0 radical (unpaired) electrons. The number of rotatable bonds is 6. The van der Waals surface area contributed by atoms with Crippen molar-refractivity contribution in [1.82, 2.24) is 0 Å². The summed E-state index contributed by atoms with van der Waals surface area (Å²) >= 11 is 0. The van der Waals surface area contributed by atoms with Crippen molar-refractivity contribution in [2.45, 2.75) is 5.85 Å². The summed E-state index contributed by atoms with van der Waals surface area (Å²) in [6.45, 7) is 0. The number of hydrogen-bond acceptors (Lipinski definition) is 5. The molecule has 0 aliphatic rings. The van der Waals surface area contributed by atoms with E-state index in [-0.39, 0.29) is 0 Å². The Balaban J connectivity index is 5.36. The molecule has 108 valence electrons. The van der Waals surface area contributed by atoms with E-state index < -0.39 is 49.9 Å². The highest BCUT2D eigenvalue weighted by Crippen LogP contribution is 2.26. The maximum Gasteiger partial charge on any atom is 0.342 e. The summed E-state index contributed by atoms with van der Waals surface area (Å²) in [5.41, 5.74) is 0. The number of halogens is 6. The van der Waals surface area contributed by atoms with Crippen LogP contribution in [-0.4, -0.2) is 34.2 Å². The first-order valence-corrected chi connectivity index (χ1v) is 6.78. The number of ether oxygens (including phenoxy) is 1. The molecule has 0 aromatic rings. The molecule has 0 rings (SSSR count). The van der Waals surface area contributed by atoms with Crippen LogP contribution in [0.4, 0.5) is 25.3 Å². The lowest BCUT2D eigenvalue weighted by Gasteiger charge is -2.21. The average molecular weight is 322 g/mol. The molecule has 0 aliphatic heterocycles. The van der Waals surface area contributed by atoms with E-state index in [1.54, 1.807) is 0 Å². The zero-order chi connectivity index (χ0) is 14.8. The lowest BCUT2D eigenvalue weighted by Crippen LogP contribution is -2.40. The summed E-state index contributed by atoms with van der Waals surface area (Å²) < 4.78 is 116. The van der Waals surface area contributed by atoms with Crippen molar-refractivity contribution in [3.8, 4) is 0 Å². The minimum atomic E-state index is -5.79. The lowest BCUT2D eigenvalue weighted by atomic mass is 10.4. The van der Waals surface area contributed by atoms with E-state index in [1.807, 2.05) is 0 Å². The minimum Gasteiger partial charge on any atom is -0.427 e. The first-order chi connectivity index (χ1) is 7.74. The van der Waals surface area contributed by atoms with Crippen LogP contribution >= 0.6 is 0 Å². The van der Waals surface area contributed by atoms with Gasteiger partial charge in [-0.05, 0) is 0 Å². The van der Waals surface area contributed by atoms with E-state index in [0.717, 1.165) is 0 Å². The van der Waals surface area contributed by atoms with E-state index in [0.29, 0.717) is 0 Å². The minimum absolute atomic E-state index is 2.48. The van der Waals surface area contributed by atoms with Gasteiger partial charge in [-0.25, -0.2) is 0 Å². The maximum absolute atomic E-state index is 13.3. The molecular weight excluding hydrogens is 318 g/mol. The van der Waals surface area contributed by atoms with Gasteiger partial charge in [-0.2, -0.15) is 34.4 Å². The first-order valence-electron chi connectivity index (χ1n) is 3.67. The zero-order valence-electron chi connectivity index (χ0n) is 8.04. The monoisotopic (exact) mass is 322 g/mol. The second kappa shape index (κ2) is 5.34. The van der Waals surface area contributed by atoms with Crippen LogP contribution in [0.5, 0.6) is 0 Å². The fourth-order valence-electron chi connectivity index (χ4n) is 0.815. The largest absolute Gasteiger partial charge is 0.427 e. The van der Waals surface area contributed by atoms with E-state index in [4.69, 9.17) is 0 Å². The molecule has 0 fully saturated rings. The van der Waals surface area contributed by atoms with Crippen LogP contribution in [0.2, 0.25) is 0 Å². The molecule has 0 N–H and O–H groups in total. The highest BCUT2D eigenvalue weighted by Gasteiger charge is 2.44. The average Bonchev–Trinajstić information content (AvgIpc) is 1.93. The summed E-state index contributed by atoms with van der Waals surface area (Å²) in [5.74, 6) is -9.33. The van der Waals surface area contributed by atoms with Crippen LogP contribution in [0.1, 0.15) is 0 Å². The Morgan fingerprint density at radius 2 is 1.28 bits per heavy atom. The molecule has 0 spiro atoms. The van der Waals surface area contributed by atoms with Crippen molar-refractivity contribution in [2.24, 2.45) is 0 Å². The molecule has 0 aromatic heterocycles. The molecule has 13 heteroatoms. The van der Waals surface area contributed by atoms with Gasteiger partial charge in [0.05, 0.1) is 0 Å². The highest BCUT2D eigenvalue weighted by molar-refractivity contribution is 7.87. The van der Waals surface area contributed by atoms with E-state index in [9.17, 15) is 42.2 Å². The maximum atomic E-state index is 13.3. The Kier molecular flexibility index (Phi) is 5.05.